The van der Waals surface area contributed by atoms with Gasteiger partial charge in [0.15, 0.2) is 11.5 Å². The summed E-state index contributed by atoms with van der Waals surface area (Å²) in [7, 11) is 0. The highest BCUT2D eigenvalue weighted by atomic mass is 16.4. The zero-order valence-corrected chi connectivity index (χ0v) is 13.1. The van der Waals surface area contributed by atoms with Gasteiger partial charge in [0.05, 0.1) is 0 Å². The monoisotopic (exact) mass is 317 g/mol. The minimum atomic E-state index is 0.380. The fourth-order valence-electron chi connectivity index (χ4n) is 2.57. The Labute approximate surface area is 138 Å². The third-order valence-corrected chi connectivity index (χ3v) is 3.72. The molecule has 6 nitrogen and oxygen atoms in total. The van der Waals surface area contributed by atoms with Gasteiger partial charge >= 0.3 is 0 Å². The molecule has 118 valence electrons. The number of fused-ring (bicyclic) bond motifs is 1. The van der Waals surface area contributed by atoms with Gasteiger partial charge in [0.25, 0.3) is 5.89 Å². The van der Waals surface area contributed by atoms with E-state index in [4.69, 9.17) is 4.42 Å². The number of rotatable bonds is 4. The number of aromatic nitrogens is 4. The van der Waals surface area contributed by atoms with Crippen molar-refractivity contribution in [2.24, 2.45) is 0 Å². The zero-order chi connectivity index (χ0) is 16.4. The van der Waals surface area contributed by atoms with E-state index in [1.54, 1.807) is 6.92 Å². The molecule has 2 aromatic heterocycles. The van der Waals surface area contributed by atoms with E-state index in [2.05, 4.69) is 37.8 Å². The van der Waals surface area contributed by atoms with Crippen LogP contribution in [0.2, 0.25) is 0 Å². The summed E-state index contributed by atoms with van der Waals surface area (Å²) in [4.78, 5) is 0. The summed E-state index contributed by atoms with van der Waals surface area (Å²) in [5.74, 6) is 1.61. The molecule has 2 aromatic carbocycles. The molecule has 4 rings (SSSR count). The number of hydrogen-bond donors (Lipinski definition) is 1. The molecule has 1 N–H and O–H groups in total. The lowest BCUT2D eigenvalue weighted by Gasteiger charge is -2.09. The van der Waals surface area contributed by atoms with E-state index in [0.29, 0.717) is 24.0 Å². The number of benzene rings is 2. The first kappa shape index (κ1) is 14.3. The SMILES string of the molecule is Cc1nnc(-c2nnc(NCc3ccccc3)c3ccccc23)o1. The van der Waals surface area contributed by atoms with E-state index in [-0.39, 0.29) is 0 Å². The first-order valence-electron chi connectivity index (χ1n) is 7.65. The van der Waals surface area contributed by atoms with Gasteiger partial charge in [0, 0.05) is 24.2 Å². The Kier molecular flexibility index (Phi) is 3.63. The van der Waals surface area contributed by atoms with Crippen LogP contribution in [0.25, 0.3) is 22.4 Å². The van der Waals surface area contributed by atoms with Crippen LogP contribution >= 0.6 is 0 Å². The van der Waals surface area contributed by atoms with Crippen LogP contribution in [0, 0.1) is 6.92 Å². The standard InChI is InChI=1S/C18H15N5O/c1-12-20-23-18(24-12)16-14-9-5-6-10-15(14)17(22-21-16)19-11-13-7-3-2-4-8-13/h2-10H,11H2,1H3,(H,19,22). The molecule has 0 bridgehead atoms. The molecule has 0 aliphatic heterocycles. The summed E-state index contributed by atoms with van der Waals surface area (Å²) >= 11 is 0. The van der Waals surface area contributed by atoms with Crippen molar-refractivity contribution >= 4 is 16.6 Å². The van der Waals surface area contributed by atoms with Crippen molar-refractivity contribution in [2.45, 2.75) is 13.5 Å². The Morgan fingerprint density at radius 3 is 2.33 bits per heavy atom. The average molecular weight is 317 g/mol. The van der Waals surface area contributed by atoms with Crippen molar-refractivity contribution in [1.82, 2.24) is 20.4 Å². The largest absolute Gasteiger partial charge is 0.420 e. The van der Waals surface area contributed by atoms with Crippen LogP contribution in [-0.4, -0.2) is 20.4 Å². The highest BCUT2D eigenvalue weighted by Crippen LogP contribution is 2.29. The molecule has 0 spiro atoms. The smallest absolute Gasteiger partial charge is 0.268 e. The van der Waals surface area contributed by atoms with Gasteiger partial charge in [-0.3, -0.25) is 0 Å². The van der Waals surface area contributed by atoms with Crippen LogP contribution in [-0.2, 0) is 6.54 Å². The molecular weight excluding hydrogens is 302 g/mol. The molecule has 0 atom stereocenters. The molecule has 0 radical (unpaired) electrons. The Morgan fingerprint density at radius 2 is 1.58 bits per heavy atom. The molecular formula is C18H15N5O. The van der Waals surface area contributed by atoms with Crippen LogP contribution in [0.5, 0.6) is 0 Å². The van der Waals surface area contributed by atoms with E-state index in [9.17, 15) is 0 Å². The molecule has 6 heteroatoms. The predicted octanol–water partition coefficient (Wildman–Crippen LogP) is 3.60. The third-order valence-electron chi connectivity index (χ3n) is 3.72. The summed E-state index contributed by atoms with van der Waals surface area (Å²) < 4.78 is 5.50. The maximum atomic E-state index is 5.50. The fourth-order valence-corrected chi connectivity index (χ4v) is 2.57. The minimum Gasteiger partial charge on any atom is -0.420 e. The van der Waals surface area contributed by atoms with Crippen molar-refractivity contribution < 1.29 is 4.42 Å². The molecule has 24 heavy (non-hydrogen) atoms. The normalized spacial score (nSPS) is 10.9. The lowest BCUT2D eigenvalue weighted by molar-refractivity contribution is 0.531. The van der Waals surface area contributed by atoms with E-state index in [1.165, 1.54) is 5.56 Å². The average Bonchev–Trinajstić information content (AvgIpc) is 3.06. The van der Waals surface area contributed by atoms with Gasteiger partial charge in [-0.1, -0.05) is 54.6 Å². The van der Waals surface area contributed by atoms with Gasteiger partial charge in [0.1, 0.15) is 0 Å². The maximum absolute atomic E-state index is 5.50. The second-order valence-electron chi connectivity index (χ2n) is 5.41. The summed E-state index contributed by atoms with van der Waals surface area (Å²) in [6.07, 6.45) is 0. The summed E-state index contributed by atoms with van der Waals surface area (Å²) in [6.45, 7) is 2.43. The van der Waals surface area contributed by atoms with E-state index < -0.39 is 0 Å². The Bertz CT molecular complexity index is 981. The van der Waals surface area contributed by atoms with Gasteiger partial charge in [-0.2, -0.15) is 0 Å². The van der Waals surface area contributed by atoms with Crippen molar-refractivity contribution in [1.29, 1.82) is 0 Å². The van der Waals surface area contributed by atoms with Gasteiger partial charge in [0.2, 0.25) is 5.89 Å². The van der Waals surface area contributed by atoms with Crippen molar-refractivity contribution in [3.8, 4) is 11.6 Å². The van der Waals surface area contributed by atoms with E-state index >= 15 is 0 Å². The highest BCUT2D eigenvalue weighted by molar-refractivity contribution is 5.98. The minimum absolute atomic E-state index is 0.380. The van der Waals surface area contributed by atoms with Crippen LogP contribution < -0.4 is 5.32 Å². The second kappa shape index (κ2) is 6.08. The molecule has 2 heterocycles. The summed E-state index contributed by atoms with van der Waals surface area (Å²) in [5.41, 5.74) is 1.77. The van der Waals surface area contributed by atoms with Crippen LogP contribution in [0.1, 0.15) is 11.5 Å². The molecule has 0 aliphatic carbocycles. The van der Waals surface area contributed by atoms with Gasteiger partial charge in [-0.05, 0) is 5.56 Å². The second-order valence-corrected chi connectivity index (χ2v) is 5.41. The third kappa shape index (κ3) is 2.69. The number of nitrogens with one attached hydrogen (secondary N) is 1. The molecule has 0 fully saturated rings. The molecule has 0 unspecified atom stereocenters. The van der Waals surface area contributed by atoms with E-state index in [1.807, 2.05) is 42.5 Å². The van der Waals surface area contributed by atoms with Crippen LogP contribution in [0.15, 0.2) is 59.0 Å². The lowest BCUT2D eigenvalue weighted by Crippen LogP contribution is -2.04. The lowest BCUT2D eigenvalue weighted by atomic mass is 10.1. The molecule has 0 amide bonds. The molecule has 0 saturated heterocycles. The maximum Gasteiger partial charge on any atom is 0.268 e. The number of hydrogen-bond acceptors (Lipinski definition) is 6. The van der Waals surface area contributed by atoms with Crippen molar-refractivity contribution in [3.05, 3.63) is 66.1 Å². The number of nitrogens with zero attached hydrogens (tertiary/aromatic N) is 4. The molecule has 0 saturated carbocycles. The predicted molar refractivity (Wildman–Crippen MR) is 91.3 cm³/mol. The topological polar surface area (TPSA) is 76.7 Å². The van der Waals surface area contributed by atoms with Gasteiger partial charge in [-0.25, -0.2) is 0 Å². The quantitative estimate of drug-likeness (QED) is 0.619. The Hall–Kier alpha value is -3.28. The van der Waals surface area contributed by atoms with Gasteiger partial charge < -0.3 is 9.73 Å². The van der Waals surface area contributed by atoms with Gasteiger partial charge in [-0.15, -0.1) is 20.4 Å². The first-order chi connectivity index (χ1) is 11.8. The summed E-state index contributed by atoms with van der Waals surface area (Å²) in [6, 6.07) is 18.1. The number of aryl methyl sites for hydroxylation is 1. The zero-order valence-electron chi connectivity index (χ0n) is 13.1. The summed E-state index contributed by atoms with van der Waals surface area (Å²) in [5, 5.41) is 21.8. The molecule has 4 aromatic rings. The highest BCUT2D eigenvalue weighted by Gasteiger charge is 2.15. The van der Waals surface area contributed by atoms with Crippen LogP contribution in [0.3, 0.4) is 0 Å². The Morgan fingerprint density at radius 1 is 0.833 bits per heavy atom. The number of anilines is 1. The van der Waals surface area contributed by atoms with Crippen molar-refractivity contribution in [2.75, 3.05) is 5.32 Å². The fraction of sp³-hybridized carbons (Fsp3) is 0.111. The van der Waals surface area contributed by atoms with Crippen molar-refractivity contribution in [3.63, 3.8) is 0 Å². The Balaban J connectivity index is 1.73. The first-order valence-corrected chi connectivity index (χ1v) is 7.65. The van der Waals surface area contributed by atoms with Crippen LogP contribution in [0.4, 0.5) is 5.82 Å². The van der Waals surface area contributed by atoms with E-state index in [0.717, 1.165) is 16.6 Å². The molecule has 0 aliphatic rings.